The first-order valence-corrected chi connectivity index (χ1v) is 12.4. The van der Waals surface area contributed by atoms with E-state index in [0.717, 1.165) is 4.90 Å². The molecule has 1 aliphatic heterocycles. The number of benzene rings is 2. The molecule has 36 heavy (non-hydrogen) atoms. The van der Waals surface area contributed by atoms with Crippen LogP contribution in [0.1, 0.15) is 26.2 Å². The van der Waals surface area contributed by atoms with Crippen LogP contribution in [0, 0.1) is 11.8 Å². The summed E-state index contributed by atoms with van der Waals surface area (Å²) in [6.45, 7) is 1.74. The van der Waals surface area contributed by atoms with Crippen molar-refractivity contribution in [1.29, 1.82) is 0 Å². The van der Waals surface area contributed by atoms with Crippen molar-refractivity contribution in [3.05, 3.63) is 66.7 Å². The number of allylic oxidation sites excluding steroid dienone is 2. The summed E-state index contributed by atoms with van der Waals surface area (Å²) in [7, 11) is 0. The number of thioether (sulfide) groups is 1. The molecule has 0 bridgehead atoms. The van der Waals surface area contributed by atoms with E-state index >= 15 is 0 Å². The third-order valence-corrected chi connectivity index (χ3v) is 7.01. The molecule has 2 aromatic rings. The number of nitrogens with zero attached hydrogens (tertiary/aromatic N) is 2. The Balaban J connectivity index is 1.35. The van der Waals surface area contributed by atoms with Gasteiger partial charge >= 0.3 is 5.97 Å². The quantitative estimate of drug-likeness (QED) is 0.389. The molecule has 0 fully saturated rings. The number of nitrogens with one attached hydrogen (secondary N) is 2. The van der Waals surface area contributed by atoms with Crippen LogP contribution in [0.4, 0.5) is 11.4 Å². The Morgan fingerprint density at radius 3 is 2.47 bits per heavy atom. The van der Waals surface area contributed by atoms with Crippen LogP contribution in [0.5, 0.6) is 0 Å². The molecule has 186 valence electrons. The van der Waals surface area contributed by atoms with Gasteiger partial charge in [0.1, 0.15) is 5.84 Å². The SMILES string of the molecule is CC(Sc1cccc(NC(=O)C2CC=CCC2C(=O)O)c1)C(=O)NC1=NN(c2ccccc2)C(=O)C1. The lowest BCUT2D eigenvalue weighted by molar-refractivity contribution is -0.146. The number of hydrazone groups is 1. The molecule has 3 N–H and O–H groups in total. The minimum Gasteiger partial charge on any atom is -0.481 e. The monoisotopic (exact) mass is 506 g/mol. The van der Waals surface area contributed by atoms with Gasteiger partial charge < -0.3 is 15.7 Å². The summed E-state index contributed by atoms with van der Waals surface area (Å²) in [6.07, 6.45) is 4.34. The van der Waals surface area contributed by atoms with Crippen molar-refractivity contribution in [2.45, 2.75) is 36.3 Å². The summed E-state index contributed by atoms with van der Waals surface area (Å²) in [5.41, 5.74) is 1.16. The van der Waals surface area contributed by atoms with Gasteiger partial charge in [0.15, 0.2) is 0 Å². The predicted octanol–water partition coefficient (Wildman–Crippen LogP) is 3.64. The molecule has 0 spiro atoms. The van der Waals surface area contributed by atoms with Gasteiger partial charge in [-0.05, 0) is 50.1 Å². The lowest BCUT2D eigenvalue weighted by Crippen LogP contribution is -2.35. The summed E-state index contributed by atoms with van der Waals surface area (Å²) in [5.74, 6) is -2.95. The van der Waals surface area contributed by atoms with E-state index in [-0.39, 0.29) is 30.0 Å². The Labute approximate surface area is 212 Å². The van der Waals surface area contributed by atoms with Gasteiger partial charge in [-0.1, -0.05) is 36.4 Å². The highest BCUT2D eigenvalue weighted by Crippen LogP contribution is 2.29. The lowest BCUT2D eigenvalue weighted by atomic mass is 9.82. The first-order valence-electron chi connectivity index (χ1n) is 11.5. The summed E-state index contributed by atoms with van der Waals surface area (Å²) >= 11 is 1.29. The van der Waals surface area contributed by atoms with Crippen molar-refractivity contribution >= 4 is 52.7 Å². The minimum atomic E-state index is -0.982. The van der Waals surface area contributed by atoms with E-state index in [2.05, 4.69) is 15.7 Å². The van der Waals surface area contributed by atoms with E-state index in [4.69, 9.17) is 0 Å². The Bertz CT molecular complexity index is 1230. The maximum atomic E-state index is 12.7. The van der Waals surface area contributed by atoms with Crippen LogP contribution >= 0.6 is 11.8 Å². The van der Waals surface area contributed by atoms with Crippen molar-refractivity contribution in [2.75, 3.05) is 10.3 Å². The number of anilines is 2. The molecule has 0 aromatic heterocycles. The fraction of sp³-hybridized carbons (Fsp3) is 0.269. The minimum absolute atomic E-state index is 0.00717. The molecule has 0 saturated carbocycles. The molecule has 0 radical (unpaired) electrons. The van der Waals surface area contributed by atoms with E-state index in [1.54, 1.807) is 55.5 Å². The molecule has 1 aliphatic carbocycles. The van der Waals surface area contributed by atoms with Gasteiger partial charge in [0.2, 0.25) is 11.8 Å². The zero-order valence-corrected chi connectivity index (χ0v) is 20.4. The van der Waals surface area contributed by atoms with Gasteiger partial charge in [0.05, 0.1) is 29.2 Å². The molecule has 0 saturated heterocycles. The normalized spacial score (nSPS) is 20.0. The number of amides is 3. The molecule has 3 atom stereocenters. The van der Waals surface area contributed by atoms with Gasteiger partial charge in [-0.3, -0.25) is 19.2 Å². The number of carboxylic acid groups (broad SMARTS) is 1. The van der Waals surface area contributed by atoms with E-state index in [9.17, 15) is 24.3 Å². The molecule has 2 aliphatic rings. The van der Waals surface area contributed by atoms with Gasteiger partial charge in [-0.2, -0.15) is 10.1 Å². The first kappa shape index (κ1) is 25.2. The highest BCUT2D eigenvalue weighted by Gasteiger charge is 2.34. The van der Waals surface area contributed by atoms with Crippen LogP contribution in [-0.4, -0.2) is 39.9 Å². The molecule has 4 rings (SSSR count). The van der Waals surface area contributed by atoms with Gasteiger partial charge in [-0.25, -0.2) is 0 Å². The largest absolute Gasteiger partial charge is 0.481 e. The van der Waals surface area contributed by atoms with Crippen molar-refractivity contribution < 1.29 is 24.3 Å². The molecule has 2 aromatic carbocycles. The molecule has 9 nitrogen and oxygen atoms in total. The second-order valence-electron chi connectivity index (χ2n) is 8.53. The second kappa shape index (κ2) is 11.2. The summed E-state index contributed by atoms with van der Waals surface area (Å²) in [4.78, 5) is 50.1. The standard InChI is InChI=1S/C26H26N4O5S/c1-16(24(32)28-22-15-23(31)30(29-22)18-9-3-2-4-10-18)36-19-11-7-8-17(14-19)27-25(33)20-12-5-6-13-21(20)26(34)35/h2-11,14,16,20-21H,12-13,15H2,1H3,(H,27,33)(H,34,35)(H,28,29,32). The van der Waals surface area contributed by atoms with Gasteiger partial charge in [0, 0.05) is 10.6 Å². The summed E-state index contributed by atoms with van der Waals surface area (Å²) in [5, 5.41) is 20.0. The topological polar surface area (TPSA) is 128 Å². The van der Waals surface area contributed by atoms with Crippen molar-refractivity contribution in [3.63, 3.8) is 0 Å². The fourth-order valence-electron chi connectivity index (χ4n) is 4.03. The van der Waals surface area contributed by atoms with Crippen LogP contribution in [0.25, 0.3) is 0 Å². The summed E-state index contributed by atoms with van der Waals surface area (Å²) in [6, 6.07) is 16.0. The van der Waals surface area contributed by atoms with E-state index in [0.29, 0.717) is 24.2 Å². The molecule has 3 amide bonds. The zero-order valence-electron chi connectivity index (χ0n) is 19.6. The number of amidine groups is 1. The molecule has 3 unspecified atom stereocenters. The van der Waals surface area contributed by atoms with Crippen LogP contribution in [0.15, 0.2) is 76.7 Å². The van der Waals surface area contributed by atoms with Crippen molar-refractivity contribution in [3.8, 4) is 0 Å². The van der Waals surface area contributed by atoms with E-state index < -0.39 is 23.1 Å². The number of para-hydroxylation sites is 1. The number of hydrogen-bond donors (Lipinski definition) is 3. The fourth-order valence-corrected chi connectivity index (χ4v) is 4.96. The number of aliphatic carboxylic acids is 1. The number of carboxylic acids is 1. The molecule has 10 heteroatoms. The second-order valence-corrected chi connectivity index (χ2v) is 9.94. The average Bonchev–Trinajstić information content (AvgIpc) is 3.24. The Hall–Kier alpha value is -3.92. The molecule has 1 heterocycles. The van der Waals surface area contributed by atoms with Gasteiger partial charge in [0.25, 0.3) is 5.91 Å². The third kappa shape index (κ3) is 6.01. The van der Waals surface area contributed by atoms with Crippen LogP contribution in [-0.2, 0) is 19.2 Å². The number of carbonyl (C=O) groups is 4. The van der Waals surface area contributed by atoms with Crippen LogP contribution in [0.3, 0.4) is 0 Å². The number of rotatable bonds is 7. The highest BCUT2D eigenvalue weighted by molar-refractivity contribution is 8.00. The maximum absolute atomic E-state index is 12.7. The number of hydrogen-bond acceptors (Lipinski definition) is 6. The Morgan fingerprint density at radius 2 is 1.75 bits per heavy atom. The van der Waals surface area contributed by atoms with Gasteiger partial charge in [-0.15, -0.1) is 11.8 Å². The van der Waals surface area contributed by atoms with Crippen molar-refractivity contribution in [1.82, 2.24) is 5.32 Å². The van der Waals surface area contributed by atoms with Crippen molar-refractivity contribution in [2.24, 2.45) is 16.9 Å². The summed E-state index contributed by atoms with van der Waals surface area (Å²) < 4.78 is 0. The Kier molecular flexibility index (Phi) is 7.84. The highest BCUT2D eigenvalue weighted by atomic mass is 32.2. The number of carbonyl (C=O) groups excluding carboxylic acids is 3. The lowest BCUT2D eigenvalue weighted by Gasteiger charge is -2.24. The van der Waals surface area contributed by atoms with Crippen LogP contribution in [0.2, 0.25) is 0 Å². The molecular weight excluding hydrogens is 480 g/mol. The smallest absolute Gasteiger partial charge is 0.307 e. The average molecular weight is 507 g/mol. The third-order valence-electron chi connectivity index (χ3n) is 5.91. The predicted molar refractivity (Wildman–Crippen MR) is 138 cm³/mol. The first-order chi connectivity index (χ1) is 17.3. The molecular formula is C26H26N4O5S. The van der Waals surface area contributed by atoms with E-state index in [1.165, 1.54) is 16.8 Å². The maximum Gasteiger partial charge on any atom is 0.307 e. The van der Waals surface area contributed by atoms with Crippen LogP contribution < -0.4 is 15.6 Å². The Morgan fingerprint density at radius 1 is 1.03 bits per heavy atom. The zero-order chi connectivity index (χ0) is 25.7. The van der Waals surface area contributed by atoms with E-state index in [1.807, 2.05) is 18.2 Å².